The highest BCUT2D eigenvalue weighted by molar-refractivity contribution is 6.26. The molecular formula is C17H16O7. The van der Waals surface area contributed by atoms with Crippen molar-refractivity contribution in [1.82, 2.24) is 0 Å². The first kappa shape index (κ1) is 15.3. The maximum Gasteiger partial charge on any atom is 0.308 e. The molecule has 2 aliphatic heterocycles. The molecule has 1 aliphatic carbocycles. The number of ketones is 2. The summed E-state index contributed by atoms with van der Waals surface area (Å²) in [5, 5.41) is 10.0. The lowest BCUT2D eigenvalue weighted by atomic mass is 9.68. The predicted octanol–water partition coefficient (Wildman–Crippen LogP) is 1.02. The minimum absolute atomic E-state index is 0.0162. The largest absolute Gasteiger partial charge is 0.507 e. The van der Waals surface area contributed by atoms with Crippen LogP contribution in [0.15, 0.2) is 18.2 Å². The number of epoxide rings is 1. The second-order valence-corrected chi connectivity index (χ2v) is 6.41. The molecule has 7 nitrogen and oxygen atoms in total. The van der Waals surface area contributed by atoms with Crippen molar-refractivity contribution < 1.29 is 33.7 Å². The van der Waals surface area contributed by atoms with Crippen LogP contribution >= 0.6 is 0 Å². The average molecular weight is 332 g/mol. The van der Waals surface area contributed by atoms with Gasteiger partial charge in [0, 0.05) is 12.0 Å². The lowest BCUT2D eigenvalue weighted by Gasteiger charge is -2.36. The normalized spacial score (nSPS) is 36.4. The minimum Gasteiger partial charge on any atom is -0.507 e. The molecule has 7 heteroatoms. The molecule has 2 heterocycles. The molecule has 1 aromatic rings. The molecule has 126 valence electrons. The number of phenolic OH excluding ortho intramolecular Hbond substituents is 1. The van der Waals surface area contributed by atoms with E-state index in [1.165, 1.54) is 25.3 Å². The number of Topliss-reactive ketones (excluding diaryl/α,β-unsaturated/α-hetero) is 2. The summed E-state index contributed by atoms with van der Waals surface area (Å²) in [6, 6.07) is 4.38. The van der Waals surface area contributed by atoms with Crippen LogP contribution in [0.3, 0.4) is 0 Å². The summed E-state index contributed by atoms with van der Waals surface area (Å²) in [6.45, 7) is 1.64. The van der Waals surface area contributed by atoms with Gasteiger partial charge in [0.2, 0.25) is 5.78 Å². The van der Waals surface area contributed by atoms with E-state index in [2.05, 4.69) is 4.74 Å². The van der Waals surface area contributed by atoms with E-state index < -0.39 is 35.2 Å². The summed E-state index contributed by atoms with van der Waals surface area (Å²) in [6.07, 6.45) is -1.20. The van der Waals surface area contributed by atoms with Crippen molar-refractivity contribution in [2.24, 2.45) is 0 Å². The molecule has 4 rings (SSSR count). The van der Waals surface area contributed by atoms with Crippen molar-refractivity contribution >= 4 is 17.5 Å². The Hall–Kier alpha value is -2.25. The van der Waals surface area contributed by atoms with Crippen molar-refractivity contribution in [1.29, 1.82) is 0 Å². The van der Waals surface area contributed by atoms with Crippen molar-refractivity contribution in [3.05, 3.63) is 29.3 Å². The molecule has 1 N–H and O–H groups in total. The number of carbonyl (C=O) groups is 3. The van der Waals surface area contributed by atoms with E-state index >= 15 is 0 Å². The first-order valence-corrected chi connectivity index (χ1v) is 7.71. The highest BCUT2D eigenvalue weighted by Gasteiger charge is 2.85. The number of hydrogen-bond acceptors (Lipinski definition) is 7. The van der Waals surface area contributed by atoms with Crippen LogP contribution in [0.5, 0.6) is 5.75 Å². The summed E-state index contributed by atoms with van der Waals surface area (Å²) in [7, 11) is 1.28. The van der Waals surface area contributed by atoms with Crippen LogP contribution in [-0.2, 0) is 19.0 Å². The summed E-state index contributed by atoms with van der Waals surface area (Å²) in [5.74, 6) is -1.49. The topological polar surface area (TPSA) is 102 Å². The molecule has 4 unspecified atom stereocenters. The second kappa shape index (κ2) is 4.64. The van der Waals surface area contributed by atoms with Crippen LogP contribution in [-0.4, -0.2) is 53.2 Å². The molecule has 0 bridgehead atoms. The van der Waals surface area contributed by atoms with Gasteiger partial charge < -0.3 is 19.3 Å². The summed E-state index contributed by atoms with van der Waals surface area (Å²) >= 11 is 0. The van der Waals surface area contributed by atoms with Gasteiger partial charge in [0.15, 0.2) is 17.0 Å². The Morgan fingerprint density at radius 2 is 2.12 bits per heavy atom. The van der Waals surface area contributed by atoms with Gasteiger partial charge in [0.25, 0.3) is 0 Å². The second-order valence-electron chi connectivity index (χ2n) is 6.41. The fourth-order valence-electron chi connectivity index (χ4n) is 4.09. The van der Waals surface area contributed by atoms with Crippen molar-refractivity contribution in [3.63, 3.8) is 0 Å². The molecule has 1 aromatic carbocycles. The Bertz CT molecular complexity index is 785. The van der Waals surface area contributed by atoms with E-state index in [-0.39, 0.29) is 35.5 Å². The van der Waals surface area contributed by atoms with Gasteiger partial charge in [-0.15, -0.1) is 0 Å². The quantitative estimate of drug-likeness (QED) is 0.637. The molecule has 0 amide bonds. The van der Waals surface area contributed by atoms with Crippen molar-refractivity contribution in [2.75, 3.05) is 7.11 Å². The van der Waals surface area contributed by atoms with E-state index in [9.17, 15) is 19.5 Å². The van der Waals surface area contributed by atoms with Crippen LogP contribution in [0.2, 0.25) is 0 Å². The van der Waals surface area contributed by atoms with Gasteiger partial charge in [-0.3, -0.25) is 14.4 Å². The number of aromatic hydroxyl groups is 1. The van der Waals surface area contributed by atoms with Crippen LogP contribution in [0.1, 0.15) is 40.5 Å². The minimum atomic E-state index is -1.41. The van der Waals surface area contributed by atoms with Gasteiger partial charge in [-0.05, 0) is 13.0 Å². The third-order valence-electron chi connectivity index (χ3n) is 5.22. The monoisotopic (exact) mass is 332 g/mol. The third-order valence-corrected chi connectivity index (χ3v) is 5.22. The van der Waals surface area contributed by atoms with Crippen LogP contribution in [0, 0.1) is 0 Å². The van der Waals surface area contributed by atoms with E-state index in [1.807, 2.05) is 0 Å². The Labute approximate surface area is 137 Å². The first-order valence-electron chi connectivity index (χ1n) is 7.71. The van der Waals surface area contributed by atoms with Gasteiger partial charge in [-0.25, -0.2) is 0 Å². The number of phenols is 1. The van der Waals surface area contributed by atoms with Crippen LogP contribution in [0.25, 0.3) is 0 Å². The van der Waals surface area contributed by atoms with E-state index in [0.717, 1.165) is 0 Å². The van der Waals surface area contributed by atoms with Crippen molar-refractivity contribution in [2.45, 2.75) is 43.2 Å². The highest BCUT2D eigenvalue weighted by atomic mass is 16.7. The molecule has 2 saturated heterocycles. The van der Waals surface area contributed by atoms with Gasteiger partial charge in [-0.1, -0.05) is 12.1 Å². The zero-order valence-electron chi connectivity index (χ0n) is 13.2. The Kier molecular flexibility index (Phi) is 2.96. The molecule has 2 fully saturated rings. The standard InChI is InChI=1S/C17H16O7/c1-8-17-15(21)13-10(4-3-5-11(13)18)14(20)16(17,24-17)7-9(23-8)6-12(19)22-2/h3-5,8-9,18H,6-7H2,1-2H3. The first-order chi connectivity index (χ1) is 11.4. The average Bonchev–Trinajstić information content (AvgIpc) is 3.25. The highest BCUT2D eigenvalue weighted by Crippen LogP contribution is 2.63. The number of rotatable bonds is 2. The summed E-state index contributed by atoms with van der Waals surface area (Å²) in [5.41, 5.74) is -2.60. The zero-order valence-corrected chi connectivity index (χ0v) is 13.2. The summed E-state index contributed by atoms with van der Waals surface area (Å²) < 4.78 is 16.2. The molecular weight excluding hydrogens is 316 g/mol. The molecule has 0 spiro atoms. The number of fused-ring (bicyclic) bond motifs is 1. The fraction of sp³-hybridized carbons (Fsp3) is 0.471. The Morgan fingerprint density at radius 1 is 1.38 bits per heavy atom. The molecule has 0 radical (unpaired) electrons. The van der Waals surface area contributed by atoms with Crippen LogP contribution < -0.4 is 0 Å². The van der Waals surface area contributed by atoms with Gasteiger partial charge >= 0.3 is 5.97 Å². The van der Waals surface area contributed by atoms with E-state index in [1.54, 1.807) is 6.92 Å². The molecule has 0 saturated carbocycles. The molecule has 3 aliphatic rings. The zero-order chi connectivity index (χ0) is 17.3. The molecule has 0 aromatic heterocycles. The number of hydrogen-bond donors (Lipinski definition) is 1. The Balaban J connectivity index is 1.78. The predicted molar refractivity (Wildman–Crippen MR) is 78.9 cm³/mol. The molecule has 4 atom stereocenters. The Morgan fingerprint density at radius 3 is 2.83 bits per heavy atom. The third kappa shape index (κ3) is 1.61. The maximum absolute atomic E-state index is 13.0. The number of carbonyl (C=O) groups excluding carboxylic acids is 3. The maximum atomic E-state index is 13.0. The number of esters is 1. The number of methoxy groups -OCH3 is 1. The smallest absolute Gasteiger partial charge is 0.308 e. The van der Waals surface area contributed by atoms with Crippen molar-refractivity contribution in [3.8, 4) is 5.75 Å². The molecule has 24 heavy (non-hydrogen) atoms. The van der Waals surface area contributed by atoms with Crippen LogP contribution in [0.4, 0.5) is 0 Å². The van der Waals surface area contributed by atoms with Gasteiger partial charge in [-0.2, -0.15) is 0 Å². The number of benzene rings is 1. The summed E-state index contributed by atoms with van der Waals surface area (Å²) in [4.78, 5) is 37.5. The van der Waals surface area contributed by atoms with E-state index in [4.69, 9.17) is 9.47 Å². The van der Waals surface area contributed by atoms with Gasteiger partial charge in [0.05, 0.1) is 31.3 Å². The SMILES string of the molecule is COC(=O)CC1CC23OC2(C(=O)c2c(O)cccc2C3=O)C(C)O1. The lowest BCUT2D eigenvalue weighted by molar-refractivity contribution is -0.146. The van der Waals surface area contributed by atoms with Gasteiger partial charge in [0.1, 0.15) is 5.75 Å². The fourth-order valence-corrected chi connectivity index (χ4v) is 4.09. The number of ether oxygens (including phenoxy) is 3. The van der Waals surface area contributed by atoms with E-state index in [0.29, 0.717) is 0 Å². The lowest BCUT2D eigenvalue weighted by Crippen LogP contribution is -2.57.